The van der Waals surface area contributed by atoms with Crippen molar-refractivity contribution in [2.75, 3.05) is 6.54 Å². The van der Waals surface area contributed by atoms with Gasteiger partial charge >= 0.3 is 13.2 Å². The minimum absolute atomic E-state index is 0.0728. The van der Waals surface area contributed by atoms with Gasteiger partial charge in [0.15, 0.2) is 0 Å². The molecule has 0 unspecified atom stereocenters. The monoisotopic (exact) mass is 445 g/mol. The SMILES string of the molecule is CC1(C)OB(C(=Cc2c(F)cc(O)cc2F)CNC(=O)OCc2ccccc2)OC1(C)C. The second-order valence-corrected chi connectivity index (χ2v) is 8.55. The van der Waals surface area contributed by atoms with Gasteiger partial charge in [-0.3, -0.25) is 0 Å². The summed E-state index contributed by atoms with van der Waals surface area (Å²) in [5, 5.41) is 12.0. The van der Waals surface area contributed by atoms with Gasteiger partial charge in [0.1, 0.15) is 24.0 Å². The first kappa shape index (κ1) is 23.8. The highest BCUT2D eigenvalue weighted by molar-refractivity contribution is 6.56. The summed E-state index contributed by atoms with van der Waals surface area (Å²) >= 11 is 0. The highest BCUT2D eigenvalue weighted by atomic mass is 19.1. The van der Waals surface area contributed by atoms with Crippen molar-refractivity contribution in [2.24, 2.45) is 0 Å². The van der Waals surface area contributed by atoms with Crippen LogP contribution in [0.15, 0.2) is 47.9 Å². The molecule has 0 atom stereocenters. The van der Waals surface area contributed by atoms with Crippen molar-refractivity contribution in [2.45, 2.75) is 45.5 Å². The number of nitrogens with one attached hydrogen (secondary N) is 1. The van der Waals surface area contributed by atoms with Gasteiger partial charge in [0, 0.05) is 24.2 Å². The third-order valence-electron chi connectivity index (χ3n) is 5.60. The molecular formula is C23H26BF2NO5. The molecule has 2 aromatic carbocycles. The molecule has 9 heteroatoms. The second-order valence-electron chi connectivity index (χ2n) is 8.55. The van der Waals surface area contributed by atoms with Gasteiger partial charge in [-0.15, -0.1) is 0 Å². The van der Waals surface area contributed by atoms with Crippen LogP contribution in [0.3, 0.4) is 0 Å². The number of phenols is 1. The molecule has 170 valence electrons. The summed E-state index contributed by atoms with van der Waals surface area (Å²) in [5.41, 5.74) is -0.680. The molecule has 2 N–H and O–H groups in total. The molecule has 1 fully saturated rings. The van der Waals surface area contributed by atoms with Crippen molar-refractivity contribution < 1.29 is 32.7 Å². The summed E-state index contributed by atoms with van der Waals surface area (Å²) in [6.45, 7) is 7.30. The second kappa shape index (κ2) is 9.30. The van der Waals surface area contributed by atoms with Gasteiger partial charge < -0.3 is 24.5 Å². The molecule has 0 saturated carbocycles. The molecule has 0 spiro atoms. The van der Waals surface area contributed by atoms with Crippen LogP contribution < -0.4 is 5.32 Å². The van der Waals surface area contributed by atoms with Crippen molar-refractivity contribution in [3.8, 4) is 5.75 Å². The molecule has 1 aliphatic rings. The Balaban J connectivity index is 1.79. The lowest BCUT2D eigenvalue weighted by Gasteiger charge is -2.32. The predicted molar refractivity (Wildman–Crippen MR) is 117 cm³/mol. The van der Waals surface area contributed by atoms with E-state index in [2.05, 4.69) is 5.32 Å². The third kappa shape index (κ3) is 5.47. The highest BCUT2D eigenvalue weighted by Gasteiger charge is 2.52. The first-order chi connectivity index (χ1) is 15.0. The van der Waals surface area contributed by atoms with Crippen molar-refractivity contribution in [3.63, 3.8) is 0 Å². The number of carbonyl (C=O) groups is 1. The molecular weight excluding hydrogens is 419 g/mol. The van der Waals surface area contributed by atoms with E-state index in [4.69, 9.17) is 14.0 Å². The van der Waals surface area contributed by atoms with Crippen molar-refractivity contribution in [1.29, 1.82) is 0 Å². The van der Waals surface area contributed by atoms with Crippen molar-refractivity contribution in [3.05, 3.63) is 70.7 Å². The minimum Gasteiger partial charge on any atom is -0.508 e. The fraction of sp³-hybridized carbons (Fsp3) is 0.348. The van der Waals surface area contributed by atoms with Gasteiger partial charge in [0.05, 0.1) is 11.2 Å². The van der Waals surface area contributed by atoms with Crippen LogP contribution >= 0.6 is 0 Å². The molecule has 0 aromatic heterocycles. The van der Waals surface area contributed by atoms with Crippen LogP contribution in [0.1, 0.15) is 38.8 Å². The predicted octanol–water partition coefficient (Wildman–Crippen LogP) is 4.61. The van der Waals surface area contributed by atoms with Crippen LogP contribution in [0, 0.1) is 11.6 Å². The minimum atomic E-state index is -0.956. The Morgan fingerprint density at radius 2 is 1.66 bits per heavy atom. The first-order valence-corrected chi connectivity index (χ1v) is 10.2. The molecule has 1 aliphatic heterocycles. The van der Waals surface area contributed by atoms with Crippen molar-refractivity contribution in [1.82, 2.24) is 5.32 Å². The Bertz CT molecular complexity index is 972. The van der Waals surface area contributed by atoms with Crippen LogP contribution in [0.4, 0.5) is 13.6 Å². The summed E-state index contributed by atoms with van der Waals surface area (Å²) in [6.07, 6.45) is 0.506. The van der Waals surface area contributed by atoms with Gasteiger partial charge in [-0.2, -0.15) is 0 Å². The summed E-state index contributed by atoms with van der Waals surface area (Å²) < 4.78 is 45.8. The largest absolute Gasteiger partial charge is 0.508 e. The van der Waals surface area contributed by atoms with E-state index in [1.165, 1.54) is 6.08 Å². The van der Waals surface area contributed by atoms with E-state index in [1.54, 1.807) is 0 Å². The Hall–Kier alpha value is -2.91. The topological polar surface area (TPSA) is 77.0 Å². The Kier molecular flexibility index (Phi) is 6.90. The van der Waals surface area contributed by atoms with E-state index in [0.29, 0.717) is 0 Å². The summed E-state index contributed by atoms with van der Waals surface area (Å²) in [6, 6.07) is 10.8. The van der Waals surface area contributed by atoms with E-state index in [9.17, 15) is 18.7 Å². The van der Waals surface area contributed by atoms with Gasteiger partial charge in [0.2, 0.25) is 0 Å². The maximum atomic E-state index is 14.3. The fourth-order valence-electron chi connectivity index (χ4n) is 3.04. The number of phenolic OH excluding ortho intramolecular Hbond substituents is 1. The van der Waals surface area contributed by atoms with E-state index < -0.39 is 41.8 Å². The van der Waals surface area contributed by atoms with Gasteiger partial charge in [-0.1, -0.05) is 36.4 Å². The average Bonchev–Trinajstić information content (AvgIpc) is 2.93. The zero-order valence-corrected chi connectivity index (χ0v) is 18.4. The Labute approximate surface area is 186 Å². The molecule has 1 amide bonds. The molecule has 32 heavy (non-hydrogen) atoms. The molecule has 0 radical (unpaired) electrons. The maximum Gasteiger partial charge on any atom is 0.492 e. The van der Waals surface area contributed by atoms with Crippen LogP contribution in [0.2, 0.25) is 0 Å². The number of alkyl carbamates (subject to hydrolysis) is 1. The van der Waals surface area contributed by atoms with Crippen LogP contribution in [0.25, 0.3) is 6.08 Å². The van der Waals surface area contributed by atoms with Gasteiger partial charge in [0.25, 0.3) is 0 Å². The van der Waals surface area contributed by atoms with E-state index in [0.717, 1.165) is 17.7 Å². The number of carbonyl (C=O) groups excluding carboxylic acids is 1. The lowest BCUT2D eigenvalue weighted by molar-refractivity contribution is 0.00578. The summed E-state index contributed by atoms with van der Waals surface area (Å²) in [7, 11) is -0.956. The number of halogens is 2. The maximum absolute atomic E-state index is 14.3. The number of aromatic hydroxyl groups is 1. The summed E-state index contributed by atoms with van der Waals surface area (Å²) in [4.78, 5) is 12.2. The molecule has 6 nitrogen and oxygen atoms in total. The van der Waals surface area contributed by atoms with Crippen molar-refractivity contribution >= 4 is 19.3 Å². The van der Waals surface area contributed by atoms with Gasteiger partial charge in [-0.25, -0.2) is 13.6 Å². The number of hydrogen-bond acceptors (Lipinski definition) is 5. The molecule has 3 rings (SSSR count). The number of ether oxygens (including phenoxy) is 1. The average molecular weight is 445 g/mol. The lowest BCUT2D eigenvalue weighted by atomic mass is 9.77. The third-order valence-corrected chi connectivity index (χ3v) is 5.60. The zero-order chi connectivity index (χ0) is 23.5. The molecule has 2 aromatic rings. The number of amides is 1. The smallest absolute Gasteiger partial charge is 0.492 e. The fourth-order valence-corrected chi connectivity index (χ4v) is 3.04. The molecule has 1 heterocycles. The Morgan fingerprint density at radius 1 is 1.09 bits per heavy atom. The summed E-state index contributed by atoms with van der Waals surface area (Å²) in [5.74, 6) is -2.44. The Morgan fingerprint density at radius 3 is 2.22 bits per heavy atom. The first-order valence-electron chi connectivity index (χ1n) is 10.2. The molecule has 0 bridgehead atoms. The number of rotatable bonds is 6. The van der Waals surface area contributed by atoms with Crippen LogP contribution in [0.5, 0.6) is 5.75 Å². The van der Waals surface area contributed by atoms with Crippen LogP contribution in [-0.4, -0.2) is 36.1 Å². The number of hydrogen-bond donors (Lipinski definition) is 2. The van der Waals surface area contributed by atoms with Gasteiger partial charge in [-0.05, 0) is 38.7 Å². The number of benzene rings is 2. The normalized spacial score (nSPS) is 17.3. The van der Waals surface area contributed by atoms with E-state index >= 15 is 0 Å². The molecule has 0 aliphatic carbocycles. The quantitative estimate of drug-likeness (QED) is 0.636. The highest BCUT2D eigenvalue weighted by Crippen LogP contribution is 2.39. The standard InChI is InChI=1S/C23H26BF2NO5/c1-22(2)23(3,4)32-24(31-22)16(10-18-19(25)11-17(28)12-20(18)26)13-27-21(29)30-14-15-8-6-5-7-9-15/h5-12,28H,13-14H2,1-4H3,(H,27,29). The lowest BCUT2D eigenvalue weighted by Crippen LogP contribution is -2.41. The zero-order valence-electron chi connectivity index (χ0n) is 18.4. The van der Waals surface area contributed by atoms with E-state index in [1.807, 2.05) is 58.0 Å². The van der Waals surface area contributed by atoms with Crippen LogP contribution in [-0.2, 0) is 20.7 Å². The van der Waals surface area contributed by atoms with E-state index in [-0.39, 0.29) is 24.2 Å². The molecule has 1 saturated heterocycles.